The average Bonchev–Trinajstić information content (AvgIpc) is 2.89. The summed E-state index contributed by atoms with van der Waals surface area (Å²) in [6.45, 7) is 3.95. The lowest BCUT2D eigenvalue weighted by atomic mass is 10.2. The molecule has 122 valence electrons. The number of benzene rings is 1. The van der Waals surface area contributed by atoms with Gasteiger partial charge in [-0.05, 0) is 31.0 Å². The van der Waals surface area contributed by atoms with Gasteiger partial charge in [0.1, 0.15) is 4.88 Å². The number of carbonyl (C=O) groups excluding carboxylic acids is 2. The van der Waals surface area contributed by atoms with Crippen molar-refractivity contribution >= 4 is 40.0 Å². The molecular formula is C17H19NO3S2. The summed E-state index contributed by atoms with van der Waals surface area (Å²) in [5.41, 5.74) is 2.02. The molecule has 0 radical (unpaired) electrons. The van der Waals surface area contributed by atoms with E-state index < -0.39 is 0 Å². The summed E-state index contributed by atoms with van der Waals surface area (Å²) in [4.78, 5) is 24.3. The fraction of sp³-hybridized carbons (Fsp3) is 0.294. The zero-order chi connectivity index (χ0) is 16.7. The monoisotopic (exact) mass is 349 g/mol. The molecule has 2 aromatic rings. The summed E-state index contributed by atoms with van der Waals surface area (Å²) >= 11 is 2.81. The van der Waals surface area contributed by atoms with Gasteiger partial charge in [-0.15, -0.1) is 23.1 Å². The van der Waals surface area contributed by atoms with Crippen molar-refractivity contribution in [3.8, 4) is 0 Å². The van der Waals surface area contributed by atoms with Crippen LogP contribution in [0.15, 0.2) is 36.4 Å². The van der Waals surface area contributed by atoms with E-state index in [-0.39, 0.29) is 11.9 Å². The molecule has 0 aliphatic heterocycles. The summed E-state index contributed by atoms with van der Waals surface area (Å²) in [5, 5.41) is 3.51. The first-order chi connectivity index (χ1) is 11.1. The first-order valence-electron chi connectivity index (χ1n) is 7.29. The van der Waals surface area contributed by atoms with Crippen molar-refractivity contribution in [2.24, 2.45) is 0 Å². The molecule has 0 atom stereocenters. The minimum atomic E-state index is -0.339. The molecule has 1 heterocycles. The average molecular weight is 349 g/mol. The Labute approximate surface area is 144 Å². The highest BCUT2D eigenvalue weighted by molar-refractivity contribution is 7.99. The first-order valence-corrected chi connectivity index (χ1v) is 9.26. The van der Waals surface area contributed by atoms with Crippen molar-refractivity contribution in [3.63, 3.8) is 0 Å². The number of ether oxygens (including phenoxy) is 1. The lowest BCUT2D eigenvalue weighted by Crippen LogP contribution is -2.13. The Morgan fingerprint density at radius 3 is 2.70 bits per heavy atom. The lowest BCUT2D eigenvalue weighted by Gasteiger charge is -2.03. The van der Waals surface area contributed by atoms with Crippen LogP contribution in [0.4, 0.5) is 5.00 Å². The lowest BCUT2D eigenvalue weighted by molar-refractivity contribution is -0.113. The summed E-state index contributed by atoms with van der Waals surface area (Å²) in [7, 11) is 0. The maximum absolute atomic E-state index is 12.0. The van der Waals surface area contributed by atoms with E-state index in [0.29, 0.717) is 22.2 Å². The zero-order valence-corrected chi connectivity index (χ0v) is 14.8. The minimum Gasteiger partial charge on any atom is -0.462 e. The van der Waals surface area contributed by atoms with E-state index in [1.54, 1.807) is 24.8 Å². The number of hydrogen-bond donors (Lipinski definition) is 1. The molecule has 1 N–H and O–H groups in total. The molecule has 1 aromatic carbocycles. The number of aryl methyl sites for hydroxylation is 1. The zero-order valence-electron chi connectivity index (χ0n) is 13.1. The van der Waals surface area contributed by atoms with Crippen LogP contribution < -0.4 is 5.32 Å². The smallest absolute Gasteiger partial charge is 0.348 e. The second-order valence-electron chi connectivity index (χ2n) is 4.87. The van der Waals surface area contributed by atoms with Crippen LogP contribution in [0.3, 0.4) is 0 Å². The third-order valence-corrected chi connectivity index (χ3v) is 5.12. The third-order valence-electron chi connectivity index (χ3n) is 2.99. The predicted octanol–water partition coefficient (Wildman–Crippen LogP) is 4.11. The van der Waals surface area contributed by atoms with Crippen LogP contribution in [0.5, 0.6) is 0 Å². The van der Waals surface area contributed by atoms with Gasteiger partial charge in [0.05, 0.1) is 17.4 Å². The number of nitrogens with one attached hydrogen (secondary N) is 1. The van der Waals surface area contributed by atoms with E-state index in [0.717, 1.165) is 11.3 Å². The number of thioether (sulfide) groups is 1. The fourth-order valence-corrected chi connectivity index (χ4v) is 3.72. The molecule has 0 saturated heterocycles. The number of amides is 1. The molecule has 6 heteroatoms. The predicted molar refractivity (Wildman–Crippen MR) is 96.2 cm³/mol. The van der Waals surface area contributed by atoms with Crippen LogP contribution in [-0.4, -0.2) is 24.2 Å². The topological polar surface area (TPSA) is 55.4 Å². The van der Waals surface area contributed by atoms with E-state index in [9.17, 15) is 9.59 Å². The molecule has 0 saturated carbocycles. The van der Waals surface area contributed by atoms with Gasteiger partial charge in [0.15, 0.2) is 0 Å². The Morgan fingerprint density at radius 2 is 2.00 bits per heavy atom. The van der Waals surface area contributed by atoms with Crippen molar-refractivity contribution in [2.75, 3.05) is 17.7 Å². The maximum Gasteiger partial charge on any atom is 0.348 e. The minimum absolute atomic E-state index is 0.0670. The molecule has 0 unspecified atom stereocenters. The molecule has 0 spiro atoms. The van der Waals surface area contributed by atoms with Gasteiger partial charge in [-0.25, -0.2) is 4.79 Å². The summed E-state index contributed by atoms with van der Waals surface area (Å²) < 4.78 is 5.00. The fourth-order valence-electron chi connectivity index (χ4n) is 1.95. The third kappa shape index (κ3) is 5.41. The second kappa shape index (κ2) is 8.74. The molecule has 0 aliphatic rings. The molecule has 1 amide bonds. The highest BCUT2D eigenvalue weighted by Crippen LogP contribution is 2.27. The molecule has 23 heavy (non-hydrogen) atoms. The number of carbonyl (C=O) groups is 2. The SMILES string of the molecule is CCOC(=O)c1sc(NC(=O)CSCc2ccccc2)cc1C. The number of rotatable bonds is 7. The van der Waals surface area contributed by atoms with Gasteiger partial charge in [0.25, 0.3) is 0 Å². The van der Waals surface area contributed by atoms with E-state index in [2.05, 4.69) is 5.32 Å². The second-order valence-corrected chi connectivity index (χ2v) is 6.91. The highest BCUT2D eigenvalue weighted by atomic mass is 32.2. The molecule has 0 aliphatic carbocycles. The molecule has 2 rings (SSSR count). The van der Waals surface area contributed by atoms with Gasteiger partial charge in [-0.1, -0.05) is 30.3 Å². The molecule has 4 nitrogen and oxygen atoms in total. The maximum atomic E-state index is 12.0. The highest BCUT2D eigenvalue weighted by Gasteiger charge is 2.15. The number of esters is 1. The Bertz CT molecular complexity index is 668. The standard InChI is InChI=1S/C17H19NO3S2/c1-3-21-17(20)16-12(2)9-15(23-16)18-14(19)11-22-10-13-7-5-4-6-8-13/h4-9H,3,10-11H2,1-2H3,(H,18,19). The van der Waals surface area contributed by atoms with Crippen molar-refractivity contribution in [1.29, 1.82) is 0 Å². The summed E-state index contributed by atoms with van der Waals surface area (Å²) in [5.74, 6) is 0.767. The van der Waals surface area contributed by atoms with Crippen LogP contribution in [-0.2, 0) is 15.3 Å². The summed E-state index contributed by atoms with van der Waals surface area (Å²) in [6, 6.07) is 11.8. The normalized spacial score (nSPS) is 10.3. The van der Waals surface area contributed by atoms with Crippen molar-refractivity contribution in [1.82, 2.24) is 0 Å². The van der Waals surface area contributed by atoms with Crippen LogP contribution in [0.25, 0.3) is 0 Å². The van der Waals surface area contributed by atoms with Gasteiger partial charge < -0.3 is 10.1 Å². The van der Waals surface area contributed by atoms with E-state index in [4.69, 9.17) is 4.74 Å². The van der Waals surface area contributed by atoms with E-state index >= 15 is 0 Å². The van der Waals surface area contributed by atoms with Gasteiger partial charge in [-0.3, -0.25) is 4.79 Å². The van der Waals surface area contributed by atoms with E-state index in [1.807, 2.05) is 37.3 Å². The quantitative estimate of drug-likeness (QED) is 0.765. The molecule has 0 fully saturated rings. The Balaban J connectivity index is 1.83. The number of hydrogen-bond acceptors (Lipinski definition) is 5. The van der Waals surface area contributed by atoms with Gasteiger partial charge in [-0.2, -0.15) is 0 Å². The van der Waals surface area contributed by atoms with Crippen molar-refractivity contribution in [3.05, 3.63) is 52.4 Å². The van der Waals surface area contributed by atoms with Crippen LogP contribution in [0.2, 0.25) is 0 Å². The number of thiophene rings is 1. The van der Waals surface area contributed by atoms with Gasteiger partial charge in [0.2, 0.25) is 5.91 Å². The van der Waals surface area contributed by atoms with E-state index in [1.165, 1.54) is 16.9 Å². The van der Waals surface area contributed by atoms with Gasteiger partial charge >= 0.3 is 5.97 Å². The van der Waals surface area contributed by atoms with Gasteiger partial charge in [0, 0.05) is 5.75 Å². The number of anilines is 1. The summed E-state index contributed by atoms with van der Waals surface area (Å²) in [6.07, 6.45) is 0. The Hall–Kier alpha value is -1.79. The van der Waals surface area contributed by atoms with Crippen molar-refractivity contribution in [2.45, 2.75) is 19.6 Å². The van der Waals surface area contributed by atoms with Crippen molar-refractivity contribution < 1.29 is 14.3 Å². The molecular weight excluding hydrogens is 330 g/mol. The molecule has 1 aromatic heterocycles. The van der Waals surface area contributed by atoms with Crippen LogP contribution in [0.1, 0.15) is 27.7 Å². The molecule has 0 bridgehead atoms. The van der Waals surface area contributed by atoms with Crippen LogP contribution >= 0.6 is 23.1 Å². The largest absolute Gasteiger partial charge is 0.462 e. The van der Waals surface area contributed by atoms with Crippen LogP contribution in [0, 0.1) is 6.92 Å². The Kier molecular flexibility index (Phi) is 6.67. The first kappa shape index (κ1) is 17.6. The Morgan fingerprint density at radius 1 is 1.26 bits per heavy atom.